The first kappa shape index (κ1) is 17.4. The molecule has 0 atom stereocenters. The number of benzene rings is 2. The van der Waals surface area contributed by atoms with E-state index < -0.39 is 0 Å². The zero-order valence-electron chi connectivity index (χ0n) is 15.8. The molecule has 0 bridgehead atoms. The summed E-state index contributed by atoms with van der Waals surface area (Å²) in [7, 11) is 0. The number of para-hydroxylation sites is 1. The van der Waals surface area contributed by atoms with Crippen molar-refractivity contribution in [1.82, 2.24) is 4.57 Å². The molecule has 2 aromatic carbocycles. The summed E-state index contributed by atoms with van der Waals surface area (Å²) in [5, 5.41) is 5.00. The fraction of sp³-hybridized carbons (Fsp3) is 0.333. The Kier molecular flexibility index (Phi) is 5.12. The molecule has 2 aromatic heterocycles. The SMILES string of the molecule is CCCCCCc1ccsc1-c1ccc2c(c1)c1ccccc1n2CC. The van der Waals surface area contributed by atoms with E-state index >= 15 is 0 Å². The van der Waals surface area contributed by atoms with Gasteiger partial charge in [0.25, 0.3) is 0 Å². The molecular formula is C24H27NS. The first-order valence-corrected chi connectivity index (χ1v) is 10.8. The maximum absolute atomic E-state index is 2.43. The number of hydrogen-bond donors (Lipinski definition) is 0. The van der Waals surface area contributed by atoms with Gasteiger partial charge in [0, 0.05) is 33.2 Å². The van der Waals surface area contributed by atoms with Crippen LogP contribution in [0.4, 0.5) is 0 Å². The maximum Gasteiger partial charge on any atom is 0.0491 e. The lowest BCUT2D eigenvalue weighted by Gasteiger charge is -2.06. The van der Waals surface area contributed by atoms with E-state index in [-0.39, 0.29) is 0 Å². The van der Waals surface area contributed by atoms with Crippen LogP contribution in [0.15, 0.2) is 53.9 Å². The number of hydrogen-bond acceptors (Lipinski definition) is 1. The molecule has 0 radical (unpaired) electrons. The average molecular weight is 362 g/mol. The molecule has 26 heavy (non-hydrogen) atoms. The van der Waals surface area contributed by atoms with Crippen molar-refractivity contribution >= 4 is 33.1 Å². The quantitative estimate of drug-likeness (QED) is 0.298. The molecule has 0 amide bonds. The highest BCUT2D eigenvalue weighted by atomic mass is 32.1. The van der Waals surface area contributed by atoms with Gasteiger partial charge in [-0.25, -0.2) is 0 Å². The van der Waals surface area contributed by atoms with E-state index in [1.165, 1.54) is 69.9 Å². The van der Waals surface area contributed by atoms with Gasteiger partial charge < -0.3 is 4.57 Å². The van der Waals surface area contributed by atoms with E-state index in [0.717, 1.165) is 6.54 Å². The van der Waals surface area contributed by atoms with Crippen LogP contribution in [0, 0.1) is 0 Å². The van der Waals surface area contributed by atoms with Gasteiger partial charge in [-0.05, 0) is 60.5 Å². The monoisotopic (exact) mass is 361 g/mol. The minimum Gasteiger partial charge on any atom is -0.341 e. The molecule has 0 N–H and O–H groups in total. The van der Waals surface area contributed by atoms with Crippen LogP contribution in [0.25, 0.3) is 32.2 Å². The second-order valence-corrected chi connectivity index (χ2v) is 8.00. The van der Waals surface area contributed by atoms with Crippen LogP contribution in [-0.2, 0) is 13.0 Å². The summed E-state index contributed by atoms with van der Waals surface area (Å²) in [5.41, 5.74) is 5.58. The van der Waals surface area contributed by atoms with Gasteiger partial charge >= 0.3 is 0 Å². The number of thiophene rings is 1. The van der Waals surface area contributed by atoms with Gasteiger partial charge in [0.15, 0.2) is 0 Å². The second kappa shape index (κ2) is 7.67. The Morgan fingerprint density at radius 2 is 1.69 bits per heavy atom. The van der Waals surface area contributed by atoms with Crippen LogP contribution in [0.1, 0.15) is 45.1 Å². The summed E-state index contributed by atoms with van der Waals surface area (Å²) < 4.78 is 2.43. The molecule has 0 saturated carbocycles. The molecule has 0 aliphatic heterocycles. The van der Waals surface area contributed by atoms with Gasteiger partial charge in [0.2, 0.25) is 0 Å². The summed E-state index contributed by atoms with van der Waals surface area (Å²) in [6.45, 7) is 5.51. The number of aryl methyl sites for hydroxylation is 2. The first-order chi connectivity index (χ1) is 12.8. The van der Waals surface area contributed by atoms with E-state index in [9.17, 15) is 0 Å². The third-order valence-electron chi connectivity index (χ3n) is 5.40. The molecule has 2 heteroatoms. The fourth-order valence-electron chi connectivity index (χ4n) is 4.06. The zero-order chi connectivity index (χ0) is 17.9. The van der Waals surface area contributed by atoms with Gasteiger partial charge in [-0.2, -0.15) is 0 Å². The van der Waals surface area contributed by atoms with E-state index in [4.69, 9.17) is 0 Å². The van der Waals surface area contributed by atoms with Crippen LogP contribution >= 0.6 is 11.3 Å². The summed E-state index contributed by atoms with van der Waals surface area (Å²) in [5.74, 6) is 0. The molecule has 2 heterocycles. The van der Waals surface area contributed by atoms with Crippen molar-refractivity contribution in [1.29, 1.82) is 0 Å². The van der Waals surface area contributed by atoms with Gasteiger partial charge in [0.05, 0.1) is 0 Å². The molecule has 0 saturated heterocycles. The van der Waals surface area contributed by atoms with Crippen molar-refractivity contribution in [2.45, 2.75) is 52.5 Å². The molecule has 0 aliphatic carbocycles. The minimum atomic E-state index is 1.01. The second-order valence-electron chi connectivity index (χ2n) is 7.08. The Balaban J connectivity index is 1.75. The van der Waals surface area contributed by atoms with Crippen LogP contribution in [0.2, 0.25) is 0 Å². The van der Waals surface area contributed by atoms with E-state index in [2.05, 4.69) is 72.3 Å². The highest BCUT2D eigenvalue weighted by Gasteiger charge is 2.12. The molecule has 0 aliphatic rings. The predicted octanol–water partition coefficient (Wildman–Crippen LogP) is 7.67. The van der Waals surface area contributed by atoms with Crippen LogP contribution in [0.3, 0.4) is 0 Å². The standard InChI is InChI=1S/C24H27NS/c1-3-5-6-7-10-18-15-16-26-24(18)19-13-14-23-21(17-19)20-11-8-9-12-22(20)25(23)4-2/h8-9,11-17H,3-7,10H2,1-2H3. The lowest BCUT2D eigenvalue weighted by atomic mass is 10.0. The minimum absolute atomic E-state index is 1.01. The Bertz CT molecular complexity index is 1020. The van der Waals surface area contributed by atoms with Crippen molar-refractivity contribution in [3.63, 3.8) is 0 Å². The molecular weight excluding hydrogens is 334 g/mol. The molecule has 134 valence electrons. The van der Waals surface area contributed by atoms with Gasteiger partial charge in [-0.3, -0.25) is 0 Å². The Hall–Kier alpha value is -2.06. The van der Waals surface area contributed by atoms with E-state index in [1.54, 1.807) is 0 Å². The predicted molar refractivity (Wildman–Crippen MR) is 116 cm³/mol. The summed E-state index contributed by atoms with van der Waals surface area (Å²) in [6, 6.07) is 18.2. The Labute approximate surface area is 160 Å². The largest absolute Gasteiger partial charge is 0.341 e. The van der Waals surface area contributed by atoms with Crippen LogP contribution in [-0.4, -0.2) is 4.57 Å². The average Bonchev–Trinajstić information content (AvgIpc) is 3.27. The van der Waals surface area contributed by atoms with Crippen molar-refractivity contribution in [2.24, 2.45) is 0 Å². The number of aromatic nitrogens is 1. The fourth-order valence-corrected chi connectivity index (χ4v) is 5.02. The number of fused-ring (bicyclic) bond motifs is 3. The topological polar surface area (TPSA) is 4.93 Å². The lowest BCUT2D eigenvalue weighted by molar-refractivity contribution is 0.668. The molecule has 4 aromatic rings. The first-order valence-electron chi connectivity index (χ1n) is 9.91. The smallest absolute Gasteiger partial charge is 0.0491 e. The third-order valence-corrected chi connectivity index (χ3v) is 6.40. The lowest BCUT2D eigenvalue weighted by Crippen LogP contribution is -1.92. The summed E-state index contributed by atoms with van der Waals surface area (Å²) in [6.07, 6.45) is 6.49. The summed E-state index contributed by atoms with van der Waals surface area (Å²) >= 11 is 1.89. The molecule has 0 fully saturated rings. The highest BCUT2D eigenvalue weighted by molar-refractivity contribution is 7.13. The zero-order valence-corrected chi connectivity index (χ0v) is 16.6. The van der Waals surface area contributed by atoms with Crippen LogP contribution < -0.4 is 0 Å². The number of rotatable bonds is 7. The van der Waals surface area contributed by atoms with Crippen molar-refractivity contribution in [3.8, 4) is 10.4 Å². The third kappa shape index (κ3) is 3.07. The van der Waals surface area contributed by atoms with E-state index in [0.29, 0.717) is 0 Å². The van der Waals surface area contributed by atoms with Gasteiger partial charge in [-0.1, -0.05) is 50.5 Å². The Morgan fingerprint density at radius 3 is 2.54 bits per heavy atom. The summed E-state index contributed by atoms with van der Waals surface area (Å²) in [4.78, 5) is 1.46. The molecule has 0 spiro atoms. The molecule has 4 rings (SSSR count). The molecule has 1 nitrogen and oxygen atoms in total. The van der Waals surface area contributed by atoms with Crippen LogP contribution in [0.5, 0.6) is 0 Å². The maximum atomic E-state index is 2.43. The Morgan fingerprint density at radius 1 is 0.846 bits per heavy atom. The highest BCUT2D eigenvalue weighted by Crippen LogP contribution is 2.36. The normalized spacial score (nSPS) is 11.6. The van der Waals surface area contributed by atoms with Gasteiger partial charge in [0.1, 0.15) is 0 Å². The van der Waals surface area contributed by atoms with E-state index in [1.807, 2.05) is 11.3 Å². The number of unbranched alkanes of at least 4 members (excludes halogenated alkanes) is 3. The molecule has 0 unspecified atom stereocenters. The van der Waals surface area contributed by atoms with Crippen molar-refractivity contribution in [2.75, 3.05) is 0 Å². The van der Waals surface area contributed by atoms with Gasteiger partial charge in [-0.15, -0.1) is 11.3 Å². The van der Waals surface area contributed by atoms with Crippen molar-refractivity contribution < 1.29 is 0 Å². The number of nitrogens with zero attached hydrogens (tertiary/aromatic N) is 1. The van der Waals surface area contributed by atoms with Crippen molar-refractivity contribution in [3.05, 3.63) is 59.5 Å².